The minimum atomic E-state index is -0.767. The Kier molecular flexibility index (Phi) is 2.73. The molecule has 8 aromatic rings. The Morgan fingerprint density at radius 3 is 1.54 bits per heavy atom. The van der Waals surface area contributed by atoms with Crippen LogP contribution in [0.15, 0.2) is 162 Å². The standard InChI is InChI=1S/C40H26O/c1-4-15-27(16-5-1)30-25-14-26-35-38(39(41-40(30)35)29-19-8-3-9-20-29)37-33-23-12-10-21-31(33)36(28-17-6-2-7-18-28)32-22-11-13-24-34(32)37/h1-26H/i1D,3D,4D,5D,8D,9D,10D,11D,12D,13D,15D,16D,19D,20D,21D,22D,23D,24D. The van der Waals surface area contributed by atoms with Crippen LogP contribution in [0.25, 0.3) is 77.2 Å². The van der Waals surface area contributed by atoms with Crippen LogP contribution in [0.4, 0.5) is 0 Å². The van der Waals surface area contributed by atoms with Crippen molar-refractivity contribution >= 4 is 32.5 Å². The van der Waals surface area contributed by atoms with E-state index in [1.165, 1.54) is 18.2 Å². The SMILES string of the molecule is [2H]c1c([2H])c([2H])c(-c2oc3c(-c4c([2H])c([2H])c([2H])c([2H])c4[2H])cccc3c2-c2c3c([2H])c([2H])c([2H])c([2H])c3c(-c3ccccc3)c3c([2H])c([2H])c([2H])c([2H])c23)c([2H])c1[2H]. The van der Waals surface area contributed by atoms with E-state index in [9.17, 15) is 5.48 Å². The molecule has 7 aromatic carbocycles. The van der Waals surface area contributed by atoms with Crippen LogP contribution < -0.4 is 0 Å². The number of furan rings is 1. The zero-order chi connectivity index (χ0) is 42.8. The maximum absolute atomic E-state index is 9.41. The molecule has 0 atom stereocenters. The minimum absolute atomic E-state index is 0.00833. The van der Waals surface area contributed by atoms with Crippen LogP contribution in [-0.4, -0.2) is 0 Å². The first kappa shape index (κ1) is 11.6. The summed E-state index contributed by atoms with van der Waals surface area (Å²) >= 11 is 0. The molecule has 0 saturated heterocycles. The van der Waals surface area contributed by atoms with Gasteiger partial charge in [0.25, 0.3) is 0 Å². The third kappa shape index (κ3) is 3.78. The van der Waals surface area contributed by atoms with Crippen molar-refractivity contribution in [2.24, 2.45) is 0 Å². The van der Waals surface area contributed by atoms with Crippen molar-refractivity contribution in [1.29, 1.82) is 0 Å². The number of benzene rings is 7. The molecule has 0 bridgehead atoms. The zero-order valence-electron chi connectivity index (χ0n) is 39.0. The van der Waals surface area contributed by atoms with Gasteiger partial charge in [-0.05, 0) is 38.2 Å². The van der Waals surface area contributed by atoms with Gasteiger partial charge in [-0.25, -0.2) is 0 Å². The maximum atomic E-state index is 9.41. The molecule has 1 heterocycles. The lowest BCUT2D eigenvalue weighted by Gasteiger charge is -2.18. The number of rotatable bonds is 4. The van der Waals surface area contributed by atoms with Gasteiger partial charge in [-0.3, -0.25) is 0 Å². The molecule has 0 radical (unpaired) electrons. The van der Waals surface area contributed by atoms with Crippen molar-refractivity contribution in [3.8, 4) is 44.7 Å². The second-order valence-electron chi connectivity index (χ2n) is 9.10. The Balaban J connectivity index is 1.75. The molecule has 1 aromatic heterocycles. The van der Waals surface area contributed by atoms with Crippen LogP contribution in [0.3, 0.4) is 0 Å². The second kappa shape index (κ2) is 9.66. The fraction of sp³-hybridized carbons (Fsp3) is 0. The normalized spacial score (nSPS) is 17.6. The Labute approximate surface area is 264 Å². The highest BCUT2D eigenvalue weighted by atomic mass is 16.3. The van der Waals surface area contributed by atoms with Gasteiger partial charge in [-0.1, -0.05) is 157 Å². The molecule has 0 unspecified atom stereocenters. The van der Waals surface area contributed by atoms with Gasteiger partial charge in [0, 0.05) is 27.6 Å². The quantitative estimate of drug-likeness (QED) is 0.202. The molecule has 1 heteroatoms. The molecule has 0 amide bonds. The van der Waals surface area contributed by atoms with Gasteiger partial charge < -0.3 is 4.42 Å². The Hall–Kier alpha value is -5.40. The van der Waals surface area contributed by atoms with Crippen LogP contribution in [0.1, 0.15) is 24.7 Å². The van der Waals surface area contributed by atoms with Crippen molar-refractivity contribution in [2.75, 3.05) is 0 Å². The molecular formula is C40H26O. The van der Waals surface area contributed by atoms with Crippen molar-refractivity contribution in [3.63, 3.8) is 0 Å². The number of hydrogen-bond acceptors (Lipinski definition) is 1. The summed E-state index contributed by atoms with van der Waals surface area (Å²) in [6, 6.07) is 0.384. The summed E-state index contributed by atoms with van der Waals surface area (Å²) in [6.07, 6.45) is 0. The maximum Gasteiger partial charge on any atom is 0.143 e. The van der Waals surface area contributed by atoms with E-state index < -0.39 is 120 Å². The van der Waals surface area contributed by atoms with Crippen molar-refractivity contribution < 1.29 is 29.1 Å². The number of para-hydroxylation sites is 1. The first-order valence-electron chi connectivity index (χ1n) is 21.6. The zero-order valence-corrected chi connectivity index (χ0v) is 21.0. The van der Waals surface area contributed by atoms with Crippen molar-refractivity contribution in [1.82, 2.24) is 0 Å². The average Bonchev–Trinajstić information content (AvgIpc) is 3.61. The molecule has 0 aliphatic carbocycles. The molecular weight excluding hydrogens is 496 g/mol. The van der Waals surface area contributed by atoms with Crippen LogP contribution >= 0.6 is 0 Å². The monoisotopic (exact) mass is 540 g/mol. The van der Waals surface area contributed by atoms with E-state index in [0.29, 0.717) is 5.56 Å². The van der Waals surface area contributed by atoms with E-state index in [2.05, 4.69) is 0 Å². The summed E-state index contributed by atoms with van der Waals surface area (Å²) in [4.78, 5) is 0. The fourth-order valence-corrected chi connectivity index (χ4v) is 5.26. The molecule has 0 aliphatic rings. The largest absolute Gasteiger partial charge is 0.455 e. The Bertz CT molecular complexity index is 3050. The van der Waals surface area contributed by atoms with Crippen molar-refractivity contribution in [3.05, 3.63) is 157 Å². The Morgan fingerprint density at radius 2 is 0.927 bits per heavy atom. The van der Waals surface area contributed by atoms with Gasteiger partial charge in [0.1, 0.15) is 11.3 Å². The number of hydrogen-bond donors (Lipinski definition) is 0. The molecule has 0 N–H and O–H groups in total. The summed E-state index contributed by atoms with van der Waals surface area (Å²) in [7, 11) is 0. The molecule has 0 fully saturated rings. The summed E-state index contributed by atoms with van der Waals surface area (Å²) in [5, 5.41) is -0.824. The first-order valence-corrected chi connectivity index (χ1v) is 12.6. The third-order valence-corrected chi connectivity index (χ3v) is 6.90. The highest BCUT2D eigenvalue weighted by Crippen LogP contribution is 2.50. The van der Waals surface area contributed by atoms with E-state index in [1.807, 2.05) is 0 Å². The van der Waals surface area contributed by atoms with Crippen LogP contribution in [0.2, 0.25) is 0 Å². The van der Waals surface area contributed by atoms with E-state index in [0.717, 1.165) is 0 Å². The molecule has 0 aliphatic heterocycles. The highest BCUT2D eigenvalue weighted by molar-refractivity contribution is 6.25. The van der Waals surface area contributed by atoms with E-state index in [1.54, 1.807) is 30.3 Å². The van der Waals surface area contributed by atoms with Crippen LogP contribution in [0.5, 0.6) is 0 Å². The fourth-order valence-electron chi connectivity index (χ4n) is 5.26. The van der Waals surface area contributed by atoms with E-state index in [4.69, 9.17) is 23.6 Å². The summed E-state index contributed by atoms with van der Waals surface area (Å²) in [5.41, 5.74) is -1.22. The smallest absolute Gasteiger partial charge is 0.143 e. The lowest BCUT2D eigenvalue weighted by molar-refractivity contribution is 0.633. The van der Waals surface area contributed by atoms with Gasteiger partial charge in [-0.15, -0.1) is 0 Å². The molecule has 0 saturated carbocycles. The predicted octanol–water partition coefficient (Wildman–Crippen LogP) is 11.4. The number of fused-ring (bicyclic) bond motifs is 3. The topological polar surface area (TPSA) is 13.1 Å². The van der Waals surface area contributed by atoms with Gasteiger partial charge in [-0.2, -0.15) is 0 Å². The molecule has 8 rings (SSSR count). The van der Waals surface area contributed by atoms with E-state index >= 15 is 0 Å². The summed E-state index contributed by atoms with van der Waals surface area (Å²) in [6.45, 7) is 0. The highest BCUT2D eigenvalue weighted by Gasteiger charge is 2.25. The molecule has 192 valence electrons. The molecule has 1 nitrogen and oxygen atoms in total. The Morgan fingerprint density at radius 1 is 0.390 bits per heavy atom. The van der Waals surface area contributed by atoms with Gasteiger partial charge >= 0.3 is 0 Å². The predicted molar refractivity (Wildman–Crippen MR) is 173 cm³/mol. The minimum Gasteiger partial charge on any atom is -0.455 e. The average molecular weight is 541 g/mol. The van der Waals surface area contributed by atoms with Crippen LogP contribution in [-0.2, 0) is 0 Å². The summed E-state index contributed by atoms with van der Waals surface area (Å²) < 4.78 is 165. The van der Waals surface area contributed by atoms with Gasteiger partial charge in [0.2, 0.25) is 0 Å². The first-order chi connectivity index (χ1) is 27.8. The van der Waals surface area contributed by atoms with E-state index in [-0.39, 0.29) is 60.3 Å². The summed E-state index contributed by atoms with van der Waals surface area (Å²) in [5.74, 6) is -0.480. The molecule has 0 spiro atoms. The van der Waals surface area contributed by atoms with Crippen LogP contribution in [0, 0.1) is 0 Å². The van der Waals surface area contributed by atoms with Gasteiger partial charge in [0.15, 0.2) is 0 Å². The van der Waals surface area contributed by atoms with Crippen molar-refractivity contribution in [2.45, 2.75) is 0 Å². The van der Waals surface area contributed by atoms with Gasteiger partial charge in [0.05, 0.1) is 24.7 Å². The third-order valence-electron chi connectivity index (χ3n) is 6.90. The lowest BCUT2D eigenvalue weighted by atomic mass is 9.84. The molecule has 41 heavy (non-hydrogen) atoms. The second-order valence-corrected chi connectivity index (χ2v) is 9.10. The lowest BCUT2D eigenvalue weighted by Crippen LogP contribution is -1.91.